The third-order valence-corrected chi connectivity index (χ3v) is 6.19. The zero-order valence-electron chi connectivity index (χ0n) is 15.7. The molecule has 0 amide bonds. The van der Waals surface area contributed by atoms with E-state index in [2.05, 4.69) is 67.5 Å². The van der Waals surface area contributed by atoms with Gasteiger partial charge in [-0.05, 0) is 60.6 Å². The van der Waals surface area contributed by atoms with Crippen LogP contribution in [0.25, 0.3) is 0 Å². The van der Waals surface area contributed by atoms with E-state index in [1.54, 1.807) is 16.7 Å². The summed E-state index contributed by atoms with van der Waals surface area (Å²) in [6.45, 7) is 18.8. The van der Waals surface area contributed by atoms with Gasteiger partial charge in [-0.1, -0.05) is 72.1 Å². The van der Waals surface area contributed by atoms with Crippen LogP contribution < -0.4 is 0 Å². The second-order valence-electron chi connectivity index (χ2n) is 7.56. The smallest absolute Gasteiger partial charge is 0.00777 e. The molecule has 0 aliphatic carbocycles. The molecule has 0 saturated heterocycles. The number of hydrogen-bond donors (Lipinski definition) is 0. The molecule has 0 unspecified atom stereocenters. The van der Waals surface area contributed by atoms with Gasteiger partial charge >= 0.3 is 0 Å². The van der Waals surface area contributed by atoms with E-state index in [4.69, 9.17) is 0 Å². The van der Waals surface area contributed by atoms with Gasteiger partial charge in [-0.3, -0.25) is 0 Å². The molecule has 0 radical (unpaired) electrons. The van der Waals surface area contributed by atoms with Crippen LogP contribution in [0.1, 0.15) is 89.5 Å². The Morgan fingerprint density at radius 1 is 0.810 bits per heavy atom. The first-order valence-corrected chi connectivity index (χ1v) is 8.85. The van der Waals surface area contributed by atoms with Crippen LogP contribution >= 0.6 is 0 Å². The minimum absolute atomic E-state index is 0.319. The van der Waals surface area contributed by atoms with Crippen molar-refractivity contribution in [2.24, 2.45) is 5.41 Å². The van der Waals surface area contributed by atoms with Gasteiger partial charge in [-0.15, -0.1) is 0 Å². The largest absolute Gasteiger partial charge is 0.0649 e. The molecule has 21 heavy (non-hydrogen) atoms. The molecule has 0 N–H and O–H groups in total. The molecule has 1 aromatic carbocycles. The van der Waals surface area contributed by atoms with Gasteiger partial charge in [0.05, 0.1) is 0 Å². The van der Waals surface area contributed by atoms with Crippen molar-refractivity contribution in [2.75, 3.05) is 0 Å². The Morgan fingerprint density at radius 3 is 1.76 bits per heavy atom. The van der Waals surface area contributed by atoms with Gasteiger partial charge < -0.3 is 0 Å². The number of rotatable bonds is 7. The summed E-state index contributed by atoms with van der Waals surface area (Å²) in [6, 6.07) is 4.86. The van der Waals surface area contributed by atoms with Crippen LogP contribution in [-0.2, 0) is 11.8 Å². The van der Waals surface area contributed by atoms with Crippen LogP contribution in [0.4, 0.5) is 0 Å². The molecule has 0 aliphatic rings. The van der Waals surface area contributed by atoms with Crippen LogP contribution in [0, 0.1) is 19.3 Å². The predicted octanol–water partition coefficient (Wildman–Crippen LogP) is 6.75. The molecule has 120 valence electrons. The summed E-state index contributed by atoms with van der Waals surface area (Å²) in [6.07, 6.45) is 6.15. The van der Waals surface area contributed by atoms with E-state index in [1.165, 1.54) is 37.7 Å². The lowest BCUT2D eigenvalue weighted by Crippen LogP contribution is -2.23. The molecule has 0 aromatic heterocycles. The SMILES string of the molecule is CCC(C)(CC)Cc1cc(C)cc(C(C)(CC)CC)c1C. The van der Waals surface area contributed by atoms with Crippen LogP contribution in [0.15, 0.2) is 12.1 Å². The lowest BCUT2D eigenvalue weighted by atomic mass is 9.72. The Morgan fingerprint density at radius 2 is 1.33 bits per heavy atom. The van der Waals surface area contributed by atoms with Crippen molar-refractivity contribution in [1.29, 1.82) is 0 Å². The molecule has 1 aromatic rings. The summed E-state index contributed by atoms with van der Waals surface area (Å²) in [5, 5.41) is 0. The standard InChI is InChI=1S/C21H36/c1-9-20(7,10-2)15-18-13-16(5)14-19(17(18)6)21(8,11-3)12-4/h13-14H,9-12,15H2,1-8H3. The highest BCUT2D eigenvalue weighted by Gasteiger charge is 2.27. The molecule has 0 saturated carbocycles. The average Bonchev–Trinajstić information content (AvgIpc) is 2.49. The van der Waals surface area contributed by atoms with Crippen molar-refractivity contribution in [1.82, 2.24) is 0 Å². The van der Waals surface area contributed by atoms with Crippen LogP contribution in [0.5, 0.6) is 0 Å². The summed E-state index contributed by atoms with van der Waals surface area (Å²) < 4.78 is 0. The summed E-state index contributed by atoms with van der Waals surface area (Å²) >= 11 is 0. The number of aryl methyl sites for hydroxylation is 1. The molecular weight excluding hydrogens is 252 g/mol. The summed E-state index contributed by atoms with van der Waals surface area (Å²) in [7, 11) is 0. The summed E-state index contributed by atoms with van der Waals surface area (Å²) in [5.74, 6) is 0. The second kappa shape index (κ2) is 6.99. The Balaban J connectivity index is 3.34. The number of hydrogen-bond acceptors (Lipinski definition) is 0. The Kier molecular flexibility index (Phi) is 6.08. The van der Waals surface area contributed by atoms with E-state index in [-0.39, 0.29) is 0 Å². The first kappa shape index (κ1) is 18.3. The Bertz CT molecular complexity index is 459. The molecule has 0 aliphatic heterocycles. The molecule has 1 rings (SSSR count). The molecule has 0 heteroatoms. The maximum atomic E-state index is 2.44. The highest BCUT2D eigenvalue weighted by atomic mass is 14.3. The van der Waals surface area contributed by atoms with Crippen LogP contribution in [-0.4, -0.2) is 0 Å². The quantitative estimate of drug-likeness (QED) is 0.520. The van der Waals surface area contributed by atoms with Gasteiger partial charge in [0.15, 0.2) is 0 Å². The average molecular weight is 289 g/mol. The molecule has 0 spiro atoms. The molecule has 0 atom stereocenters. The van der Waals surface area contributed by atoms with Gasteiger partial charge in [-0.25, -0.2) is 0 Å². The van der Waals surface area contributed by atoms with E-state index >= 15 is 0 Å². The predicted molar refractivity (Wildman–Crippen MR) is 96.2 cm³/mol. The second-order valence-corrected chi connectivity index (χ2v) is 7.56. The molecule has 0 fully saturated rings. The van der Waals surface area contributed by atoms with Gasteiger partial charge in [0.25, 0.3) is 0 Å². The van der Waals surface area contributed by atoms with Crippen molar-refractivity contribution in [3.8, 4) is 0 Å². The topological polar surface area (TPSA) is 0 Å². The fourth-order valence-corrected chi connectivity index (χ4v) is 3.33. The van der Waals surface area contributed by atoms with Crippen molar-refractivity contribution in [3.63, 3.8) is 0 Å². The third-order valence-electron chi connectivity index (χ3n) is 6.19. The van der Waals surface area contributed by atoms with Crippen molar-refractivity contribution in [3.05, 3.63) is 34.4 Å². The zero-order valence-corrected chi connectivity index (χ0v) is 15.7. The van der Waals surface area contributed by atoms with E-state index < -0.39 is 0 Å². The normalized spacial score (nSPS) is 12.8. The van der Waals surface area contributed by atoms with Crippen molar-refractivity contribution in [2.45, 2.75) is 92.9 Å². The monoisotopic (exact) mass is 288 g/mol. The van der Waals surface area contributed by atoms with E-state index in [0.29, 0.717) is 10.8 Å². The molecule has 0 heterocycles. The van der Waals surface area contributed by atoms with E-state index in [0.717, 1.165) is 0 Å². The lowest BCUT2D eigenvalue weighted by molar-refractivity contribution is 0.295. The molecule has 0 nitrogen and oxygen atoms in total. The minimum atomic E-state index is 0.319. The maximum Gasteiger partial charge on any atom is -0.00777 e. The molecule has 0 bridgehead atoms. The fraction of sp³-hybridized carbons (Fsp3) is 0.714. The third kappa shape index (κ3) is 3.90. The first-order valence-electron chi connectivity index (χ1n) is 8.85. The van der Waals surface area contributed by atoms with Crippen molar-refractivity contribution < 1.29 is 0 Å². The number of benzene rings is 1. The molecular formula is C21H36. The Labute approximate surface area is 133 Å². The minimum Gasteiger partial charge on any atom is -0.0649 e. The van der Waals surface area contributed by atoms with E-state index in [1.807, 2.05) is 0 Å². The van der Waals surface area contributed by atoms with Gasteiger partial charge in [-0.2, -0.15) is 0 Å². The van der Waals surface area contributed by atoms with Crippen LogP contribution in [0.3, 0.4) is 0 Å². The van der Waals surface area contributed by atoms with Gasteiger partial charge in [0, 0.05) is 0 Å². The summed E-state index contributed by atoms with van der Waals surface area (Å²) in [5.41, 5.74) is 6.87. The first-order chi connectivity index (χ1) is 9.75. The van der Waals surface area contributed by atoms with Crippen molar-refractivity contribution >= 4 is 0 Å². The zero-order chi connectivity index (χ0) is 16.3. The summed E-state index contributed by atoms with van der Waals surface area (Å²) in [4.78, 5) is 0. The maximum absolute atomic E-state index is 2.44. The van der Waals surface area contributed by atoms with Gasteiger partial charge in [0.2, 0.25) is 0 Å². The van der Waals surface area contributed by atoms with E-state index in [9.17, 15) is 0 Å². The Hall–Kier alpha value is -0.780. The highest BCUT2D eigenvalue weighted by Crippen LogP contribution is 2.38. The van der Waals surface area contributed by atoms with Crippen LogP contribution in [0.2, 0.25) is 0 Å². The lowest BCUT2D eigenvalue weighted by Gasteiger charge is -2.33. The fourth-order valence-electron chi connectivity index (χ4n) is 3.33. The highest BCUT2D eigenvalue weighted by molar-refractivity contribution is 5.42. The van der Waals surface area contributed by atoms with Gasteiger partial charge in [0.1, 0.15) is 0 Å².